The molecule has 0 aliphatic heterocycles. The highest BCUT2D eigenvalue weighted by Gasteiger charge is 2.12. The van der Waals surface area contributed by atoms with Crippen LogP contribution in [0.3, 0.4) is 0 Å². The summed E-state index contributed by atoms with van der Waals surface area (Å²) in [5.41, 5.74) is 0. The van der Waals surface area contributed by atoms with Crippen LogP contribution >= 0.6 is 12.0 Å². The van der Waals surface area contributed by atoms with Crippen molar-refractivity contribution >= 4 is 29.4 Å². The number of carbonyl (C=O) groups excluding carboxylic acids is 2. The standard InChI is InChI=1S/C12H22N2O5S/c1-8(2)6-18-11(15)13-10(20-17-5)14-12(16)19-7-9(3)4/h8-9H,6-7H2,1-5H3,(H,13,14,15,16). The van der Waals surface area contributed by atoms with Crippen molar-refractivity contribution in [2.75, 3.05) is 20.3 Å². The molecule has 7 nitrogen and oxygen atoms in total. The summed E-state index contributed by atoms with van der Waals surface area (Å²) in [6.07, 6.45) is -1.49. The smallest absolute Gasteiger partial charge is 0.436 e. The molecule has 0 radical (unpaired) electrons. The van der Waals surface area contributed by atoms with Gasteiger partial charge in [-0.2, -0.15) is 0 Å². The van der Waals surface area contributed by atoms with Gasteiger partial charge in [-0.25, -0.2) is 9.59 Å². The van der Waals surface area contributed by atoms with E-state index in [-0.39, 0.29) is 30.2 Å². The lowest BCUT2D eigenvalue weighted by atomic mass is 10.2. The van der Waals surface area contributed by atoms with Gasteiger partial charge in [-0.05, 0) is 11.8 Å². The zero-order valence-corrected chi connectivity index (χ0v) is 13.3. The number of nitrogens with zero attached hydrogens (tertiary/aromatic N) is 1. The zero-order valence-electron chi connectivity index (χ0n) is 12.5. The van der Waals surface area contributed by atoms with Crippen LogP contribution in [0.2, 0.25) is 0 Å². The molecule has 20 heavy (non-hydrogen) atoms. The molecule has 8 heteroatoms. The first kappa shape index (κ1) is 18.7. The Labute approximate surface area is 123 Å². The van der Waals surface area contributed by atoms with Gasteiger partial charge in [0.25, 0.3) is 0 Å². The minimum absolute atomic E-state index is 0.0324. The number of carbonyl (C=O) groups is 2. The summed E-state index contributed by atoms with van der Waals surface area (Å²) in [6.45, 7) is 8.16. The van der Waals surface area contributed by atoms with Gasteiger partial charge in [-0.1, -0.05) is 27.7 Å². The third-order valence-corrected chi connectivity index (χ3v) is 2.17. The molecule has 0 aromatic carbocycles. The van der Waals surface area contributed by atoms with E-state index in [4.69, 9.17) is 13.7 Å². The van der Waals surface area contributed by atoms with E-state index >= 15 is 0 Å². The maximum atomic E-state index is 11.4. The van der Waals surface area contributed by atoms with Crippen molar-refractivity contribution in [2.24, 2.45) is 16.8 Å². The van der Waals surface area contributed by atoms with Crippen LogP contribution in [-0.2, 0) is 13.7 Å². The van der Waals surface area contributed by atoms with Gasteiger partial charge in [-0.3, -0.25) is 5.32 Å². The first-order chi connectivity index (χ1) is 9.35. The molecule has 0 saturated heterocycles. The molecule has 0 aromatic rings. The topological polar surface area (TPSA) is 86.2 Å². The first-order valence-corrected chi connectivity index (χ1v) is 6.99. The molecular weight excluding hydrogens is 284 g/mol. The van der Waals surface area contributed by atoms with Gasteiger partial charge in [0.1, 0.15) is 0 Å². The second-order valence-electron chi connectivity index (χ2n) is 4.76. The van der Waals surface area contributed by atoms with E-state index in [1.54, 1.807) is 0 Å². The molecule has 2 amide bonds. The number of ether oxygens (including phenoxy) is 2. The number of amidine groups is 1. The van der Waals surface area contributed by atoms with E-state index in [0.717, 1.165) is 12.0 Å². The lowest BCUT2D eigenvalue weighted by molar-refractivity contribution is 0.138. The Morgan fingerprint density at radius 3 is 2.15 bits per heavy atom. The van der Waals surface area contributed by atoms with E-state index in [2.05, 4.69) is 10.3 Å². The maximum absolute atomic E-state index is 11.4. The third kappa shape index (κ3) is 10.6. The van der Waals surface area contributed by atoms with Crippen molar-refractivity contribution in [3.63, 3.8) is 0 Å². The zero-order chi connectivity index (χ0) is 15.5. The lowest BCUT2D eigenvalue weighted by Crippen LogP contribution is -2.31. The molecule has 0 spiro atoms. The second-order valence-corrected chi connectivity index (χ2v) is 5.64. The highest BCUT2D eigenvalue weighted by atomic mass is 32.2. The van der Waals surface area contributed by atoms with Crippen molar-refractivity contribution in [1.82, 2.24) is 5.32 Å². The van der Waals surface area contributed by atoms with E-state index in [9.17, 15) is 9.59 Å². The Hall–Kier alpha value is -1.28. The predicted octanol–water partition coefficient (Wildman–Crippen LogP) is 2.81. The third-order valence-electron chi connectivity index (χ3n) is 1.65. The molecule has 0 unspecified atom stereocenters. The van der Waals surface area contributed by atoms with E-state index < -0.39 is 12.2 Å². The van der Waals surface area contributed by atoms with Crippen LogP contribution in [0.25, 0.3) is 0 Å². The molecule has 0 bridgehead atoms. The predicted molar refractivity (Wildman–Crippen MR) is 77.5 cm³/mol. The van der Waals surface area contributed by atoms with Crippen molar-refractivity contribution in [2.45, 2.75) is 27.7 Å². The molecule has 116 valence electrons. The Bertz CT molecular complexity index is 345. The summed E-state index contributed by atoms with van der Waals surface area (Å²) in [5.74, 6) is 0.420. The average Bonchev–Trinajstić information content (AvgIpc) is 2.34. The monoisotopic (exact) mass is 306 g/mol. The maximum Gasteiger partial charge on any atom is 0.436 e. The summed E-state index contributed by atoms with van der Waals surface area (Å²) in [4.78, 5) is 26.4. The molecular formula is C12H22N2O5S. The normalized spacial score (nSPS) is 11.7. The van der Waals surface area contributed by atoms with Gasteiger partial charge in [0.05, 0.1) is 32.4 Å². The number of alkyl carbamates (subject to hydrolysis) is 1. The number of hydrogen-bond acceptors (Lipinski definition) is 6. The number of aliphatic imine (C=N–C) groups is 1. The quantitative estimate of drug-likeness (QED) is 0.477. The van der Waals surface area contributed by atoms with E-state index in [1.807, 2.05) is 27.7 Å². The summed E-state index contributed by atoms with van der Waals surface area (Å²) in [7, 11) is 1.39. The van der Waals surface area contributed by atoms with Gasteiger partial charge in [0.2, 0.25) is 5.17 Å². The van der Waals surface area contributed by atoms with E-state index in [1.165, 1.54) is 7.11 Å². The minimum atomic E-state index is -0.789. The van der Waals surface area contributed by atoms with Gasteiger partial charge in [-0.15, -0.1) is 4.99 Å². The molecule has 0 fully saturated rings. The highest BCUT2D eigenvalue weighted by molar-refractivity contribution is 8.09. The van der Waals surface area contributed by atoms with Gasteiger partial charge in [0.15, 0.2) is 0 Å². The second kappa shape index (κ2) is 10.5. The van der Waals surface area contributed by atoms with Gasteiger partial charge >= 0.3 is 12.2 Å². The summed E-state index contributed by atoms with van der Waals surface area (Å²) >= 11 is 0.739. The van der Waals surface area contributed by atoms with Crippen molar-refractivity contribution < 1.29 is 23.2 Å². The van der Waals surface area contributed by atoms with E-state index in [0.29, 0.717) is 0 Å². The van der Waals surface area contributed by atoms with Crippen molar-refractivity contribution in [3.8, 4) is 0 Å². The Morgan fingerprint density at radius 2 is 1.65 bits per heavy atom. The summed E-state index contributed by atoms with van der Waals surface area (Å²) in [5, 5.41) is 2.29. The summed E-state index contributed by atoms with van der Waals surface area (Å²) in [6, 6.07) is 0. The lowest BCUT2D eigenvalue weighted by Gasteiger charge is -2.09. The molecule has 0 aromatic heterocycles. The largest absolute Gasteiger partial charge is 0.449 e. The number of rotatable bonds is 5. The average molecular weight is 306 g/mol. The Morgan fingerprint density at radius 1 is 1.10 bits per heavy atom. The molecule has 0 atom stereocenters. The Kier molecular flexibility index (Phi) is 9.83. The van der Waals surface area contributed by atoms with Crippen molar-refractivity contribution in [3.05, 3.63) is 0 Å². The number of amides is 2. The fourth-order valence-corrected chi connectivity index (χ4v) is 1.26. The van der Waals surface area contributed by atoms with Crippen LogP contribution in [0.4, 0.5) is 9.59 Å². The molecule has 1 N–H and O–H groups in total. The van der Waals surface area contributed by atoms with Gasteiger partial charge < -0.3 is 13.7 Å². The molecule has 0 saturated carbocycles. The molecule has 0 aliphatic rings. The molecule has 0 aliphatic carbocycles. The fraction of sp³-hybridized carbons (Fsp3) is 0.750. The van der Waals surface area contributed by atoms with Crippen LogP contribution in [-0.4, -0.2) is 37.7 Å². The minimum Gasteiger partial charge on any atom is -0.449 e. The van der Waals surface area contributed by atoms with Crippen molar-refractivity contribution in [1.29, 1.82) is 0 Å². The molecule has 0 rings (SSSR count). The van der Waals surface area contributed by atoms with Crippen LogP contribution in [0, 0.1) is 11.8 Å². The number of hydrogen-bond donors (Lipinski definition) is 1. The first-order valence-electron chi connectivity index (χ1n) is 6.25. The molecule has 0 heterocycles. The Balaban J connectivity index is 4.39. The van der Waals surface area contributed by atoms with Crippen LogP contribution < -0.4 is 5.32 Å². The fourth-order valence-electron chi connectivity index (χ4n) is 0.865. The van der Waals surface area contributed by atoms with Gasteiger partial charge in [0, 0.05) is 0 Å². The highest BCUT2D eigenvalue weighted by Crippen LogP contribution is 2.04. The number of nitrogens with one attached hydrogen (secondary N) is 1. The summed E-state index contributed by atoms with van der Waals surface area (Å²) < 4.78 is 14.5. The SMILES string of the molecule is COS/C(=N\C(=O)OCC(C)C)NC(=O)OCC(C)C. The van der Waals surface area contributed by atoms with Crippen LogP contribution in [0.1, 0.15) is 27.7 Å². The van der Waals surface area contributed by atoms with Crippen LogP contribution in [0.15, 0.2) is 4.99 Å². The van der Waals surface area contributed by atoms with Crippen LogP contribution in [0.5, 0.6) is 0 Å².